The fraction of sp³-hybridized carbons (Fsp3) is 0.583. The molecule has 0 radical (unpaired) electrons. The monoisotopic (exact) mass is 206 g/mol. The fourth-order valence-electron chi connectivity index (χ4n) is 1.88. The predicted octanol–water partition coefficient (Wildman–Crippen LogP) is 2.23. The first-order valence-corrected chi connectivity index (χ1v) is 5.59. The van der Waals surface area contributed by atoms with E-state index < -0.39 is 0 Å². The lowest BCUT2D eigenvalue weighted by Crippen LogP contribution is -2.22. The molecule has 1 N–H and O–H groups in total. The number of aromatic nitrogens is 1. The maximum absolute atomic E-state index is 5.34. The third kappa shape index (κ3) is 2.93. The van der Waals surface area contributed by atoms with Gasteiger partial charge in [0.15, 0.2) is 0 Å². The van der Waals surface area contributed by atoms with E-state index in [1.165, 1.54) is 12.8 Å². The Morgan fingerprint density at radius 3 is 3.00 bits per heavy atom. The molecule has 0 atom stereocenters. The van der Waals surface area contributed by atoms with Crippen molar-refractivity contribution in [3.05, 3.63) is 24.0 Å². The summed E-state index contributed by atoms with van der Waals surface area (Å²) >= 11 is 0. The fourth-order valence-corrected chi connectivity index (χ4v) is 1.88. The highest BCUT2D eigenvalue weighted by Gasteiger charge is 2.13. The van der Waals surface area contributed by atoms with Crippen molar-refractivity contribution in [2.45, 2.75) is 19.8 Å². The molecule has 0 bridgehead atoms. The number of rotatable bonds is 3. The van der Waals surface area contributed by atoms with E-state index in [1.54, 1.807) is 0 Å². The van der Waals surface area contributed by atoms with Gasteiger partial charge in [0.2, 0.25) is 0 Å². The second-order valence-corrected chi connectivity index (χ2v) is 4.07. The average molecular weight is 206 g/mol. The Morgan fingerprint density at radius 1 is 1.47 bits per heavy atom. The highest BCUT2D eigenvalue weighted by molar-refractivity contribution is 5.46. The zero-order valence-electron chi connectivity index (χ0n) is 9.20. The van der Waals surface area contributed by atoms with Gasteiger partial charge in [-0.3, -0.25) is 4.98 Å². The van der Waals surface area contributed by atoms with Crippen LogP contribution in [0.15, 0.2) is 18.3 Å². The first-order valence-electron chi connectivity index (χ1n) is 5.59. The minimum Gasteiger partial charge on any atom is -0.383 e. The number of anilines is 1. The summed E-state index contributed by atoms with van der Waals surface area (Å²) in [5.74, 6) is 0.748. The zero-order valence-corrected chi connectivity index (χ0v) is 9.20. The SMILES string of the molecule is Cc1ncccc1NCC1CCOCC1. The minimum atomic E-state index is 0.748. The number of hydrogen-bond acceptors (Lipinski definition) is 3. The maximum atomic E-state index is 5.34. The molecule has 2 rings (SSSR count). The Bertz CT molecular complexity index is 308. The summed E-state index contributed by atoms with van der Waals surface area (Å²) in [6, 6.07) is 4.06. The standard InChI is InChI=1S/C12H18N2O/c1-10-12(3-2-6-13-10)14-9-11-4-7-15-8-5-11/h2-3,6,11,14H,4-5,7-9H2,1H3. The van der Waals surface area contributed by atoms with Crippen molar-refractivity contribution < 1.29 is 4.74 Å². The van der Waals surface area contributed by atoms with Gasteiger partial charge < -0.3 is 10.1 Å². The lowest BCUT2D eigenvalue weighted by Gasteiger charge is -2.22. The maximum Gasteiger partial charge on any atom is 0.0603 e. The number of ether oxygens (including phenoxy) is 1. The predicted molar refractivity (Wildman–Crippen MR) is 61.0 cm³/mol. The lowest BCUT2D eigenvalue weighted by molar-refractivity contribution is 0.0699. The summed E-state index contributed by atoms with van der Waals surface area (Å²) in [5.41, 5.74) is 2.23. The van der Waals surface area contributed by atoms with Crippen LogP contribution in [-0.4, -0.2) is 24.7 Å². The molecule has 82 valence electrons. The van der Waals surface area contributed by atoms with Crippen LogP contribution < -0.4 is 5.32 Å². The summed E-state index contributed by atoms with van der Waals surface area (Å²) in [6.07, 6.45) is 4.17. The zero-order chi connectivity index (χ0) is 10.5. The van der Waals surface area contributed by atoms with Gasteiger partial charge in [-0.05, 0) is 37.8 Å². The summed E-state index contributed by atoms with van der Waals surface area (Å²) in [6.45, 7) is 4.90. The first-order chi connectivity index (χ1) is 7.36. The average Bonchev–Trinajstić information content (AvgIpc) is 2.29. The van der Waals surface area contributed by atoms with Gasteiger partial charge in [-0.2, -0.15) is 0 Å². The summed E-state index contributed by atoms with van der Waals surface area (Å²) in [4.78, 5) is 4.26. The molecule has 0 unspecified atom stereocenters. The molecular weight excluding hydrogens is 188 g/mol. The highest BCUT2D eigenvalue weighted by Crippen LogP contribution is 2.17. The van der Waals surface area contributed by atoms with E-state index in [-0.39, 0.29) is 0 Å². The van der Waals surface area contributed by atoms with Crippen molar-refractivity contribution in [1.29, 1.82) is 0 Å². The van der Waals surface area contributed by atoms with Crippen LogP contribution in [0.5, 0.6) is 0 Å². The van der Waals surface area contributed by atoms with Crippen LogP contribution in [-0.2, 0) is 4.74 Å². The van der Waals surface area contributed by atoms with Crippen LogP contribution in [0.1, 0.15) is 18.5 Å². The number of aryl methyl sites for hydroxylation is 1. The Hall–Kier alpha value is -1.09. The van der Waals surface area contributed by atoms with E-state index in [2.05, 4.69) is 16.4 Å². The molecule has 3 nitrogen and oxygen atoms in total. The molecule has 1 fully saturated rings. The van der Waals surface area contributed by atoms with Crippen LogP contribution >= 0.6 is 0 Å². The van der Waals surface area contributed by atoms with Gasteiger partial charge in [0.25, 0.3) is 0 Å². The van der Waals surface area contributed by atoms with E-state index in [0.29, 0.717) is 0 Å². The van der Waals surface area contributed by atoms with Crippen LogP contribution in [0.3, 0.4) is 0 Å². The smallest absolute Gasteiger partial charge is 0.0603 e. The Balaban J connectivity index is 1.84. The number of nitrogens with one attached hydrogen (secondary N) is 1. The lowest BCUT2D eigenvalue weighted by atomic mass is 10.0. The van der Waals surface area contributed by atoms with Crippen molar-refractivity contribution in [1.82, 2.24) is 4.98 Å². The molecule has 1 aliphatic rings. The van der Waals surface area contributed by atoms with Gasteiger partial charge in [-0.1, -0.05) is 0 Å². The van der Waals surface area contributed by atoms with Crippen LogP contribution in [0.25, 0.3) is 0 Å². The molecule has 0 amide bonds. The first kappa shape index (κ1) is 10.4. The van der Waals surface area contributed by atoms with Crippen molar-refractivity contribution in [3.63, 3.8) is 0 Å². The third-order valence-electron chi connectivity index (χ3n) is 2.93. The van der Waals surface area contributed by atoms with E-state index in [9.17, 15) is 0 Å². The summed E-state index contributed by atoms with van der Waals surface area (Å²) < 4.78 is 5.34. The van der Waals surface area contributed by atoms with Gasteiger partial charge >= 0.3 is 0 Å². The molecule has 15 heavy (non-hydrogen) atoms. The van der Waals surface area contributed by atoms with Gasteiger partial charge in [-0.15, -0.1) is 0 Å². The molecule has 1 aromatic rings. The normalized spacial score (nSPS) is 17.7. The Labute approximate surface area is 90.9 Å². The number of hydrogen-bond donors (Lipinski definition) is 1. The van der Waals surface area contributed by atoms with E-state index in [4.69, 9.17) is 4.74 Å². The minimum absolute atomic E-state index is 0.748. The molecule has 0 aliphatic carbocycles. The van der Waals surface area contributed by atoms with E-state index >= 15 is 0 Å². The molecule has 1 aromatic heterocycles. The van der Waals surface area contributed by atoms with Gasteiger partial charge in [0.05, 0.1) is 11.4 Å². The van der Waals surface area contributed by atoms with Crippen LogP contribution in [0.2, 0.25) is 0 Å². The van der Waals surface area contributed by atoms with Gasteiger partial charge in [-0.25, -0.2) is 0 Å². The highest BCUT2D eigenvalue weighted by atomic mass is 16.5. The second kappa shape index (κ2) is 5.12. The topological polar surface area (TPSA) is 34.2 Å². The van der Waals surface area contributed by atoms with Crippen molar-refractivity contribution in [2.24, 2.45) is 5.92 Å². The van der Waals surface area contributed by atoms with E-state index in [1.807, 2.05) is 19.2 Å². The molecule has 1 saturated heterocycles. The van der Waals surface area contributed by atoms with Crippen LogP contribution in [0, 0.1) is 12.8 Å². The molecule has 0 spiro atoms. The Kier molecular flexibility index (Phi) is 3.56. The van der Waals surface area contributed by atoms with Crippen molar-refractivity contribution in [2.75, 3.05) is 25.1 Å². The quantitative estimate of drug-likeness (QED) is 0.823. The molecular formula is C12H18N2O. The number of nitrogens with zero attached hydrogens (tertiary/aromatic N) is 1. The molecule has 1 aliphatic heterocycles. The largest absolute Gasteiger partial charge is 0.383 e. The third-order valence-corrected chi connectivity index (χ3v) is 2.93. The summed E-state index contributed by atoms with van der Waals surface area (Å²) in [5, 5.41) is 3.46. The van der Waals surface area contributed by atoms with E-state index in [0.717, 1.165) is 37.1 Å². The second-order valence-electron chi connectivity index (χ2n) is 4.07. The summed E-state index contributed by atoms with van der Waals surface area (Å²) in [7, 11) is 0. The Morgan fingerprint density at radius 2 is 2.27 bits per heavy atom. The molecule has 2 heterocycles. The van der Waals surface area contributed by atoms with Crippen LogP contribution in [0.4, 0.5) is 5.69 Å². The van der Waals surface area contributed by atoms with Crippen molar-refractivity contribution >= 4 is 5.69 Å². The molecule has 0 saturated carbocycles. The van der Waals surface area contributed by atoms with Crippen molar-refractivity contribution in [3.8, 4) is 0 Å². The number of pyridine rings is 1. The van der Waals surface area contributed by atoms with Gasteiger partial charge in [0.1, 0.15) is 0 Å². The van der Waals surface area contributed by atoms with Gasteiger partial charge in [0, 0.05) is 26.0 Å². The molecule has 0 aromatic carbocycles. The molecule has 3 heteroatoms.